The van der Waals surface area contributed by atoms with Gasteiger partial charge in [-0.05, 0) is 36.8 Å². The molecule has 3 aromatic rings. The summed E-state index contributed by atoms with van der Waals surface area (Å²) in [6.07, 6.45) is 2.18. The van der Waals surface area contributed by atoms with Crippen LogP contribution in [0.25, 0.3) is 10.9 Å². The summed E-state index contributed by atoms with van der Waals surface area (Å²) in [7, 11) is 1.54. The van der Waals surface area contributed by atoms with Crippen molar-refractivity contribution in [1.29, 1.82) is 0 Å². The number of para-hydroxylation sites is 1. The average molecular weight is 406 g/mol. The third-order valence-corrected chi connectivity index (χ3v) is 5.13. The van der Waals surface area contributed by atoms with Gasteiger partial charge in [-0.2, -0.15) is 0 Å². The van der Waals surface area contributed by atoms with Crippen LogP contribution in [-0.4, -0.2) is 40.9 Å². The number of imide groups is 1. The number of aromatic nitrogens is 1. The SMILES string of the molecule is COc1ccccc1CN1C(=O)N[C@@H](CCC(=O)Nc2ccc3[nH]ccc3c2)C1=O. The number of carbonyl (C=O) groups excluding carboxylic acids is 3. The lowest BCUT2D eigenvalue weighted by atomic mass is 10.1. The Morgan fingerprint density at radius 2 is 2.00 bits per heavy atom. The van der Waals surface area contributed by atoms with Crippen LogP contribution in [0.5, 0.6) is 5.75 Å². The third-order valence-electron chi connectivity index (χ3n) is 5.13. The highest BCUT2D eigenvalue weighted by molar-refractivity contribution is 6.04. The van der Waals surface area contributed by atoms with Gasteiger partial charge in [-0.25, -0.2) is 4.79 Å². The normalized spacial score (nSPS) is 16.0. The number of aromatic amines is 1. The van der Waals surface area contributed by atoms with E-state index in [9.17, 15) is 14.4 Å². The van der Waals surface area contributed by atoms with Crippen LogP contribution >= 0.6 is 0 Å². The number of anilines is 1. The Labute approximate surface area is 173 Å². The third kappa shape index (κ3) is 3.98. The number of rotatable bonds is 7. The Balaban J connectivity index is 1.34. The Morgan fingerprint density at radius 3 is 2.83 bits per heavy atom. The van der Waals surface area contributed by atoms with Crippen LogP contribution in [0.3, 0.4) is 0 Å². The van der Waals surface area contributed by atoms with Crippen molar-refractivity contribution in [3.63, 3.8) is 0 Å². The number of hydrogen-bond donors (Lipinski definition) is 3. The molecule has 1 fully saturated rings. The number of benzene rings is 2. The Kier molecular flexibility index (Phi) is 5.38. The standard InChI is InChI=1S/C22H22N4O4/c1-30-19-5-3-2-4-15(19)13-26-21(28)18(25-22(26)29)8-9-20(27)24-16-6-7-17-14(12-16)10-11-23-17/h2-7,10-12,18,23H,8-9,13H2,1H3,(H,24,27)(H,25,29)/t18-/m0/s1. The number of H-pyrrole nitrogens is 1. The van der Waals surface area contributed by atoms with Gasteiger partial charge in [0.2, 0.25) is 5.91 Å². The van der Waals surface area contributed by atoms with E-state index in [1.807, 2.05) is 48.7 Å². The van der Waals surface area contributed by atoms with E-state index in [-0.39, 0.29) is 31.2 Å². The molecule has 8 nitrogen and oxygen atoms in total. The molecule has 0 bridgehead atoms. The predicted octanol–water partition coefficient (Wildman–Crippen LogP) is 3.02. The van der Waals surface area contributed by atoms with Crippen LogP contribution in [-0.2, 0) is 16.1 Å². The molecule has 1 aliphatic heterocycles. The molecule has 1 atom stereocenters. The molecule has 30 heavy (non-hydrogen) atoms. The van der Waals surface area contributed by atoms with Crippen LogP contribution in [0.2, 0.25) is 0 Å². The van der Waals surface area contributed by atoms with Crippen LogP contribution in [0.15, 0.2) is 54.7 Å². The maximum Gasteiger partial charge on any atom is 0.325 e. The highest BCUT2D eigenvalue weighted by Crippen LogP contribution is 2.22. The Bertz CT molecular complexity index is 1110. The second-order valence-electron chi connectivity index (χ2n) is 7.10. The molecule has 3 N–H and O–H groups in total. The van der Waals surface area contributed by atoms with Gasteiger partial charge in [0.15, 0.2) is 0 Å². The van der Waals surface area contributed by atoms with E-state index in [0.29, 0.717) is 11.4 Å². The predicted molar refractivity (Wildman–Crippen MR) is 112 cm³/mol. The maximum atomic E-state index is 12.7. The summed E-state index contributed by atoms with van der Waals surface area (Å²) < 4.78 is 5.29. The van der Waals surface area contributed by atoms with Crippen molar-refractivity contribution in [2.45, 2.75) is 25.4 Å². The summed E-state index contributed by atoms with van der Waals surface area (Å²) in [6.45, 7) is 0.119. The first kappa shape index (κ1) is 19.5. The first-order chi connectivity index (χ1) is 14.5. The molecule has 2 heterocycles. The Hall–Kier alpha value is -3.81. The monoisotopic (exact) mass is 406 g/mol. The molecule has 0 aliphatic carbocycles. The molecule has 1 aliphatic rings. The summed E-state index contributed by atoms with van der Waals surface area (Å²) in [6, 6.07) is 13.6. The van der Waals surface area contributed by atoms with Crippen molar-refractivity contribution in [1.82, 2.24) is 15.2 Å². The molecule has 0 spiro atoms. The second kappa shape index (κ2) is 8.28. The summed E-state index contributed by atoms with van der Waals surface area (Å²) >= 11 is 0. The highest BCUT2D eigenvalue weighted by atomic mass is 16.5. The minimum Gasteiger partial charge on any atom is -0.496 e. The molecule has 4 rings (SSSR count). The average Bonchev–Trinajstić information content (AvgIpc) is 3.32. The van der Waals surface area contributed by atoms with Crippen molar-refractivity contribution < 1.29 is 19.1 Å². The van der Waals surface area contributed by atoms with Crippen LogP contribution in [0.4, 0.5) is 10.5 Å². The number of nitrogens with zero attached hydrogens (tertiary/aromatic N) is 1. The number of nitrogens with one attached hydrogen (secondary N) is 3. The minimum absolute atomic E-state index is 0.115. The fraction of sp³-hybridized carbons (Fsp3) is 0.227. The van der Waals surface area contributed by atoms with Crippen LogP contribution in [0, 0.1) is 0 Å². The van der Waals surface area contributed by atoms with Gasteiger partial charge >= 0.3 is 6.03 Å². The zero-order valence-electron chi connectivity index (χ0n) is 16.5. The molecule has 0 radical (unpaired) electrons. The molecule has 2 aromatic carbocycles. The van der Waals surface area contributed by atoms with Gasteiger partial charge in [0.05, 0.1) is 13.7 Å². The zero-order valence-corrected chi connectivity index (χ0v) is 16.5. The molecular weight excluding hydrogens is 384 g/mol. The highest BCUT2D eigenvalue weighted by Gasteiger charge is 2.38. The zero-order chi connectivity index (χ0) is 21.1. The van der Waals surface area contributed by atoms with Gasteiger partial charge in [0.1, 0.15) is 11.8 Å². The van der Waals surface area contributed by atoms with Gasteiger partial charge in [-0.15, -0.1) is 0 Å². The lowest BCUT2D eigenvalue weighted by molar-refractivity contribution is -0.128. The molecule has 8 heteroatoms. The minimum atomic E-state index is -0.717. The van der Waals surface area contributed by atoms with Gasteiger partial charge in [0, 0.05) is 34.8 Å². The molecule has 0 unspecified atom stereocenters. The second-order valence-corrected chi connectivity index (χ2v) is 7.10. The van der Waals surface area contributed by atoms with Crippen LogP contribution in [0.1, 0.15) is 18.4 Å². The van der Waals surface area contributed by atoms with E-state index in [0.717, 1.165) is 21.4 Å². The van der Waals surface area contributed by atoms with E-state index in [4.69, 9.17) is 4.74 Å². The summed E-state index contributed by atoms with van der Waals surface area (Å²) in [5.74, 6) is 0.0582. The lowest BCUT2D eigenvalue weighted by Gasteiger charge is -2.15. The number of carbonyl (C=O) groups is 3. The Morgan fingerprint density at radius 1 is 1.17 bits per heavy atom. The van der Waals surface area contributed by atoms with E-state index >= 15 is 0 Å². The number of methoxy groups -OCH3 is 1. The van der Waals surface area contributed by atoms with Gasteiger partial charge in [-0.1, -0.05) is 18.2 Å². The fourth-order valence-corrected chi connectivity index (χ4v) is 3.56. The van der Waals surface area contributed by atoms with Crippen molar-refractivity contribution in [2.75, 3.05) is 12.4 Å². The number of fused-ring (bicyclic) bond motifs is 1. The molecule has 0 saturated carbocycles. The first-order valence-corrected chi connectivity index (χ1v) is 9.66. The molecular formula is C22H22N4O4. The molecule has 1 saturated heterocycles. The number of urea groups is 1. The van der Waals surface area contributed by atoms with Gasteiger partial charge in [0.25, 0.3) is 5.91 Å². The topological polar surface area (TPSA) is 104 Å². The number of ether oxygens (including phenoxy) is 1. The van der Waals surface area contributed by atoms with E-state index in [2.05, 4.69) is 15.6 Å². The van der Waals surface area contributed by atoms with Gasteiger partial charge < -0.3 is 20.4 Å². The maximum absolute atomic E-state index is 12.7. The number of amides is 4. The lowest BCUT2D eigenvalue weighted by Crippen LogP contribution is -2.31. The summed E-state index contributed by atoms with van der Waals surface area (Å²) in [4.78, 5) is 41.5. The van der Waals surface area contributed by atoms with Crippen molar-refractivity contribution in [3.8, 4) is 5.75 Å². The first-order valence-electron chi connectivity index (χ1n) is 9.66. The molecule has 4 amide bonds. The fourth-order valence-electron chi connectivity index (χ4n) is 3.56. The van der Waals surface area contributed by atoms with E-state index in [1.54, 1.807) is 13.2 Å². The molecule has 154 valence electrons. The van der Waals surface area contributed by atoms with Crippen molar-refractivity contribution in [3.05, 3.63) is 60.3 Å². The number of hydrogen-bond acceptors (Lipinski definition) is 4. The largest absolute Gasteiger partial charge is 0.496 e. The summed E-state index contributed by atoms with van der Waals surface area (Å²) in [5, 5.41) is 6.50. The van der Waals surface area contributed by atoms with Crippen LogP contribution < -0.4 is 15.4 Å². The van der Waals surface area contributed by atoms with E-state index in [1.165, 1.54) is 0 Å². The summed E-state index contributed by atoms with van der Waals surface area (Å²) in [5.41, 5.74) is 2.41. The van der Waals surface area contributed by atoms with E-state index < -0.39 is 12.1 Å². The van der Waals surface area contributed by atoms with Gasteiger partial charge in [-0.3, -0.25) is 14.5 Å². The quantitative estimate of drug-likeness (QED) is 0.525. The molecule has 1 aromatic heterocycles. The van der Waals surface area contributed by atoms with Crippen molar-refractivity contribution in [2.24, 2.45) is 0 Å². The smallest absolute Gasteiger partial charge is 0.325 e. The van der Waals surface area contributed by atoms with Crippen molar-refractivity contribution >= 4 is 34.4 Å².